The smallest absolute Gasteiger partial charge is 0.319 e. The molecule has 0 unspecified atom stereocenters. The number of aryl methyl sites for hydroxylation is 1. The van der Waals surface area contributed by atoms with Gasteiger partial charge in [0.2, 0.25) is 5.95 Å². The molecule has 5 rings (SSSR count). The van der Waals surface area contributed by atoms with Crippen molar-refractivity contribution in [1.29, 1.82) is 0 Å². The fraction of sp³-hybridized carbons (Fsp3) is 0.217. The standard InChI is InChI=1S/C23H19F3N8O/c1-12(2)33-11-15(13(3)31-33)19-30-20-14-7-6-8-16(23(24,25)26)18(14)29-22(34(20)32-19)28-17-9-4-5-10-27-21(17)35/h4-12H,1-3H3,(H,27,28,29,35). The third-order valence-electron chi connectivity index (χ3n) is 5.42. The molecule has 0 aliphatic carbocycles. The minimum Gasteiger partial charge on any atom is -0.319 e. The van der Waals surface area contributed by atoms with Gasteiger partial charge >= 0.3 is 6.18 Å². The van der Waals surface area contributed by atoms with Crippen molar-refractivity contribution < 1.29 is 13.2 Å². The lowest BCUT2D eigenvalue weighted by Crippen LogP contribution is -2.13. The molecule has 12 heteroatoms. The first kappa shape index (κ1) is 22.4. The molecule has 35 heavy (non-hydrogen) atoms. The zero-order valence-electron chi connectivity index (χ0n) is 18.9. The van der Waals surface area contributed by atoms with Crippen LogP contribution in [0.2, 0.25) is 0 Å². The molecule has 0 spiro atoms. The molecule has 0 aliphatic heterocycles. The Labute approximate surface area is 196 Å². The first-order chi connectivity index (χ1) is 16.6. The maximum atomic E-state index is 13.8. The summed E-state index contributed by atoms with van der Waals surface area (Å²) in [7, 11) is 0. The number of rotatable bonds is 4. The summed E-state index contributed by atoms with van der Waals surface area (Å²) in [6, 6.07) is 8.43. The third kappa shape index (κ3) is 3.96. The average Bonchev–Trinajstić information content (AvgIpc) is 3.35. The summed E-state index contributed by atoms with van der Waals surface area (Å²) >= 11 is 0. The van der Waals surface area contributed by atoms with Crippen molar-refractivity contribution in [3.05, 3.63) is 70.4 Å². The summed E-state index contributed by atoms with van der Waals surface area (Å²) in [5.41, 5.74) is -0.380. The van der Waals surface area contributed by atoms with Crippen molar-refractivity contribution in [2.24, 2.45) is 0 Å². The van der Waals surface area contributed by atoms with Crippen molar-refractivity contribution >= 4 is 28.2 Å². The number of hydrogen-bond acceptors (Lipinski definition) is 7. The van der Waals surface area contributed by atoms with Gasteiger partial charge in [0.25, 0.3) is 5.56 Å². The second-order valence-corrected chi connectivity index (χ2v) is 8.18. The monoisotopic (exact) mass is 480 g/mol. The number of aromatic nitrogens is 7. The highest BCUT2D eigenvalue weighted by Gasteiger charge is 2.34. The predicted molar refractivity (Wildman–Crippen MR) is 123 cm³/mol. The van der Waals surface area contributed by atoms with Gasteiger partial charge in [0.1, 0.15) is 5.69 Å². The summed E-state index contributed by atoms with van der Waals surface area (Å²) < 4.78 is 44.5. The Morgan fingerprint density at radius 1 is 1.03 bits per heavy atom. The highest BCUT2D eigenvalue weighted by atomic mass is 19.4. The minimum atomic E-state index is -4.65. The average molecular weight is 480 g/mol. The largest absolute Gasteiger partial charge is 0.418 e. The highest BCUT2D eigenvalue weighted by Crippen LogP contribution is 2.36. The van der Waals surface area contributed by atoms with Gasteiger partial charge in [-0.2, -0.15) is 22.8 Å². The number of alkyl halides is 3. The first-order valence-corrected chi connectivity index (χ1v) is 10.7. The number of benzene rings is 1. The topological polar surface area (TPSA) is 103 Å². The number of para-hydroxylation sites is 1. The van der Waals surface area contributed by atoms with Gasteiger partial charge in [-0.05, 0) is 45.0 Å². The summed E-state index contributed by atoms with van der Waals surface area (Å²) in [6.45, 7) is 5.75. The van der Waals surface area contributed by atoms with Gasteiger partial charge in [-0.15, -0.1) is 5.10 Å². The normalized spacial score (nSPS) is 12.1. The first-order valence-electron chi connectivity index (χ1n) is 10.7. The Morgan fingerprint density at radius 3 is 2.54 bits per heavy atom. The van der Waals surface area contributed by atoms with E-state index in [1.165, 1.54) is 28.9 Å². The lowest BCUT2D eigenvalue weighted by atomic mass is 10.1. The lowest BCUT2D eigenvalue weighted by Gasteiger charge is -2.12. The van der Waals surface area contributed by atoms with E-state index in [-0.39, 0.29) is 40.1 Å². The Morgan fingerprint density at radius 2 is 1.83 bits per heavy atom. The molecule has 0 atom stereocenters. The Bertz CT molecular complexity index is 1640. The minimum absolute atomic E-state index is 0.0218. The number of nitrogens with zero attached hydrogens (tertiary/aromatic N) is 7. The molecule has 0 aliphatic rings. The maximum absolute atomic E-state index is 13.8. The van der Waals surface area contributed by atoms with E-state index in [2.05, 4.69) is 30.5 Å². The van der Waals surface area contributed by atoms with Crippen LogP contribution >= 0.6 is 0 Å². The van der Waals surface area contributed by atoms with Crippen LogP contribution in [0.1, 0.15) is 31.1 Å². The molecular weight excluding hydrogens is 461 g/mol. The summed E-state index contributed by atoms with van der Waals surface area (Å²) in [5, 5.41) is 12.0. The van der Waals surface area contributed by atoms with Crippen LogP contribution in [0.4, 0.5) is 24.8 Å². The van der Waals surface area contributed by atoms with Crippen LogP contribution < -0.4 is 10.9 Å². The van der Waals surface area contributed by atoms with Crippen LogP contribution in [0, 0.1) is 6.92 Å². The van der Waals surface area contributed by atoms with E-state index in [0.29, 0.717) is 11.3 Å². The van der Waals surface area contributed by atoms with Crippen LogP contribution in [0.25, 0.3) is 27.9 Å². The van der Waals surface area contributed by atoms with Crippen LogP contribution in [0.3, 0.4) is 0 Å². The van der Waals surface area contributed by atoms with Gasteiger partial charge in [-0.1, -0.05) is 12.1 Å². The zero-order valence-corrected chi connectivity index (χ0v) is 18.9. The molecule has 9 nitrogen and oxygen atoms in total. The third-order valence-corrected chi connectivity index (χ3v) is 5.42. The molecule has 0 fully saturated rings. The fourth-order valence-corrected chi connectivity index (χ4v) is 3.69. The van der Waals surface area contributed by atoms with Gasteiger partial charge in [-0.25, -0.2) is 15.0 Å². The molecule has 4 heterocycles. The molecule has 1 aromatic carbocycles. The van der Waals surface area contributed by atoms with Crippen molar-refractivity contribution in [3.63, 3.8) is 0 Å². The predicted octanol–water partition coefficient (Wildman–Crippen LogP) is 4.55. The van der Waals surface area contributed by atoms with E-state index in [0.717, 1.165) is 6.07 Å². The second-order valence-electron chi connectivity index (χ2n) is 8.18. The molecule has 0 amide bonds. The number of hydrogen-bond donors (Lipinski definition) is 1. The quantitative estimate of drug-likeness (QED) is 0.403. The van der Waals surface area contributed by atoms with Crippen LogP contribution in [0.15, 0.2) is 53.6 Å². The molecule has 1 N–H and O–H groups in total. The molecule has 0 bridgehead atoms. The Balaban J connectivity index is 1.81. The Kier molecular flexibility index (Phi) is 5.23. The zero-order chi connectivity index (χ0) is 24.9. The summed E-state index contributed by atoms with van der Waals surface area (Å²) in [5.74, 6) is 0.158. The summed E-state index contributed by atoms with van der Waals surface area (Å²) in [4.78, 5) is 24.9. The highest BCUT2D eigenvalue weighted by molar-refractivity contribution is 5.95. The van der Waals surface area contributed by atoms with Crippen molar-refractivity contribution in [1.82, 2.24) is 34.3 Å². The second kappa shape index (κ2) is 8.15. The van der Waals surface area contributed by atoms with Crippen molar-refractivity contribution in [2.45, 2.75) is 33.0 Å². The maximum Gasteiger partial charge on any atom is 0.418 e. The summed E-state index contributed by atoms with van der Waals surface area (Å²) in [6.07, 6.45) is -1.54. The van der Waals surface area contributed by atoms with E-state index in [1.54, 1.807) is 29.9 Å². The lowest BCUT2D eigenvalue weighted by molar-refractivity contribution is -0.136. The number of fused-ring (bicyclic) bond motifs is 3. The van der Waals surface area contributed by atoms with Gasteiger partial charge in [0.15, 0.2) is 11.5 Å². The van der Waals surface area contributed by atoms with Gasteiger partial charge < -0.3 is 5.32 Å². The number of anilines is 2. The van der Waals surface area contributed by atoms with E-state index in [4.69, 9.17) is 0 Å². The van der Waals surface area contributed by atoms with Crippen LogP contribution in [-0.2, 0) is 6.18 Å². The molecule has 0 radical (unpaired) electrons. The Hall–Kier alpha value is -4.35. The van der Waals surface area contributed by atoms with Crippen molar-refractivity contribution in [2.75, 3.05) is 5.32 Å². The van der Waals surface area contributed by atoms with Crippen molar-refractivity contribution in [3.8, 4) is 11.4 Å². The van der Waals surface area contributed by atoms with Gasteiger partial charge in [0.05, 0.1) is 22.3 Å². The van der Waals surface area contributed by atoms with Gasteiger partial charge in [0, 0.05) is 23.8 Å². The van der Waals surface area contributed by atoms with E-state index in [9.17, 15) is 18.0 Å². The number of halogens is 3. The van der Waals surface area contributed by atoms with E-state index in [1.807, 2.05) is 13.8 Å². The molecule has 178 valence electrons. The van der Waals surface area contributed by atoms with Gasteiger partial charge in [-0.3, -0.25) is 9.48 Å². The molecule has 0 saturated carbocycles. The fourth-order valence-electron chi connectivity index (χ4n) is 3.69. The number of nitrogens with one attached hydrogen (secondary N) is 1. The molecule has 5 aromatic rings. The van der Waals surface area contributed by atoms with E-state index >= 15 is 0 Å². The SMILES string of the molecule is Cc1nn(C(C)C)cc1-c1nc2c3cccc(C(F)(F)F)c3nc(Nc3ccccnc3=O)n2n1. The molecule has 4 aromatic heterocycles. The molecule has 0 saturated heterocycles. The van der Waals surface area contributed by atoms with Crippen LogP contribution in [-0.4, -0.2) is 34.3 Å². The van der Waals surface area contributed by atoms with Crippen LogP contribution in [0.5, 0.6) is 0 Å². The molecular formula is C23H19F3N8O. The van der Waals surface area contributed by atoms with E-state index < -0.39 is 17.3 Å².